The molecule has 0 aromatic heterocycles. The standard InChI is InChI=1S/C20H15FN2O/c21-15-8-6-13(7-9-15)19-17-11-10-16(22)12-18(17)24-20(23-19)14-4-2-1-3-5-14/h1-12,20H,22H2. The quantitative estimate of drug-likeness (QED) is 0.715. The molecular weight excluding hydrogens is 303 g/mol. The van der Waals surface area contributed by atoms with E-state index in [1.165, 1.54) is 12.1 Å². The maximum absolute atomic E-state index is 13.3. The van der Waals surface area contributed by atoms with Crippen LogP contribution in [0.25, 0.3) is 0 Å². The van der Waals surface area contributed by atoms with Crippen LogP contribution in [0, 0.1) is 5.82 Å². The zero-order valence-electron chi connectivity index (χ0n) is 12.8. The van der Waals surface area contributed by atoms with Gasteiger partial charge in [0.2, 0.25) is 6.23 Å². The van der Waals surface area contributed by atoms with Gasteiger partial charge in [-0.2, -0.15) is 0 Å². The summed E-state index contributed by atoms with van der Waals surface area (Å²) in [6.07, 6.45) is -0.458. The van der Waals surface area contributed by atoms with Crippen molar-refractivity contribution in [3.05, 3.63) is 95.3 Å². The molecule has 4 heteroatoms. The van der Waals surface area contributed by atoms with Crippen molar-refractivity contribution in [1.29, 1.82) is 0 Å². The van der Waals surface area contributed by atoms with Gasteiger partial charge in [-0.05, 0) is 36.4 Å². The van der Waals surface area contributed by atoms with Crippen LogP contribution in [-0.4, -0.2) is 5.71 Å². The van der Waals surface area contributed by atoms with Crippen LogP contribution in [0.4, 0.5) is 10.1 Å². The molecule has 3 nitrogen and oxygen atoms in total. The molecule has 3 aromatic rings. The van der Waals surface area contributed by atoms with Gasteiger partial charge in [0.1, 0.15) is 11.6 Å². The molecule has 0 radical (unpaired) electrons. The fourth-order valence-corrected chi connectivity index (χ4v) is 2.76. The number of benzene rings is 3. The van der Waals surface area contributed by atoms with E-state index in [0.29, 0.717) is 11.4 Å². The predicted molar refractivity (Wildman–Crippen MR) is 92.7 cm³/mol. The minimum absolute atomic E-state index is 0.274. The lowest BCUT2D eigenvalue weighted by Gasteiger charge is -2.25. The SMILES string of the molecule is Nc1ccc2c(c1)OC(c1ccccc1)N=C2c1ccc(F)cc1. The Kier molecular flexibility index (Phi) is 3.50. The highest BCUT2D eigenvalue weighted by Crippen LogP contribution is 2.35. The topological polar surface area (TPSA) is 47.6 Å². The smallest absolute Gasteiger partial charge is 0.216 e. The van der Waals surface area contributed by atoms with Gasteiger partial charge in [-0.3, -0.25) is 0 Å². The summed E-state index contributed by atoms with van der Waals surface area (Å²) in [5.74, 6) is 0.404. The number of fused-ring (bicyclic) bond motifs is 1. The highest BCUT2D eigenvalue weighted by molar-refractivity contribution is 6.15. The Bertz CT molecular complexity index is 905. The van der Waals surface area contributed by atoms with Crippen molar-refractivity contribution < 1.29 is 9.13 Å². The van der Waals surface area contributed by atoms with Crippen LogP contribution < -0.4 is 10.5 Å². The van der Waals surface area contributed by atoms with E-state index in [0.717, 1.165) is 22.4 Å². The molecule has 1 heterocycles. The van der Waals surface area contributed by atoms with E-state index < -0.39 is 6.23 Å². The first-order chi connectivity index (χ1) is 11.7. The third-order valence-corrected chi connectivity index (χ3v) is 3.95. The van der Waals surface area contributed by atoms with Crippen LogP contribution in [0.15, 0.2) is 77.8 Å². The van der Waals surface area contributed by atoms with Gasteiger partial charge in [0.05, 0.1) is 5.71 Å². The van der Waals surface area contributed by atoms with E-state index in [4.69, 9.17) is 15.5 Å². The average molecular weight is 318 g/mol. The van der Waals surface area contributed by atoms with Crippen LogP contribution >= 0.6 is 0 Å². The zero-order chi connectivity index (χ0) is 16.5. The van der Waals surface area contributed by atoms with Crippen LogP contribution in [0.1, 0.15) is 22.9 Å². The fraction of sp³-hybridized carbons (Fsp3) is 0.0500. The summed E-state index contributed by atoms with van der Waals surface area (Å²) in [7, 11) is 0. The third-order valence-electron chi connectivity index (χ3n) is 3.95. The van der Waals surface area contributed by atoms with E-state index in [-0.39, 0.29) is 5.82 Å². The van der Waals surface area contributed by atoms with Crippen molar-refractivity contribution in [3.63, 3.8) is 0 Å². The van der Waals surface area contributed by atoms with Crippen molar-refractivity contribution in [3.8, 4) is 5.75 Å². The molecule has 0 saturated heterocycles. The average Bonchev–Trinajstić information content (AvgIpc) is 2.62. The van der Waals surface area contributed by atoms with Crippen molar-refractivity contribution in [1.82, 2.24) is 0 Å². The van der Waals surface area contributed by atoms with Gasteiger partial charge in [0, 0.05) is 28.4 Å². The second-order valence-corrected chi connectivity index (χ2v) is 5.62. The lowest BCUT2D eigenvalue weighted by molar-refractivity contribution is 0.211. The number of rotatable bonds is 2. The molecule has 0 amide bonds. The van der Waals surface area contributed by atoms with Crippen molar-refractivity contribution in [2.75, 3.05) is 5.73 Å². The molecule has 4 rings (SSSR count). The highest BCUT2D eigenvalue weighted by Gasteiger charge is 2.24. The molecule has 1 aliphatic heterocycles. The summed E-state index contributed by atoms with van der Waals surface area (Å²) in [4.78, 5) is 4.75. The Morgan fingerprint density at radius 1 is 0.917 bits per heavy atom. The molecule has 1 unspecified atom stereocenters. The van der Waals surface area contributed by atoms with E-state index in [2.05, 4.69) is 0 Å². The van der Waals surface area contributed by atoms with Gasteiger partial charge in [-0.25, -0.2) is 9.38 Å². The summed E-state index contributed by atoms with van der Waals surface area (Å²) in [5.41, 5.74) is 9.93. The minimum atomic E-state index is -0.458. The lowest BCUT2D eigenvalue weighted by Crippen LogP contribution is -2.18. The lowest BCUT2D eigenvalue weighted by atomic mass is 9.99. The first-order valence-corrected chi connectivity index (χ1v) is 7.66. The molecule has 24 heavy (non-hydrogen) atoms. The summed E-state index contributed by atoms with van der Waals surface area (Å²) >= 11 is 0. The van der Waals surface area contributed by atoms with Gasteiger partial charge >= 0.3 is 0 Å². The van der Waals surface area contributed by atoms with Gasteiger partial charge < -0.3 is 10.5 Å². The second-order valence-electron chi connectivity index (χ2n) is 5.62. The normalized spacial score (nSPS) is 16.0. The van der Waals surface area contributed by atoms with Crippen LogP contribution in [0.5, 0.6) is 5.75 Å². The first kappa shape index (κ1) is 14.5. The molecule has 0 bridgehead atoms. The minimum Gasteiger partial charge on any atom is -0.464 e. The monoisotopic (exact) mass is 318 g/mol. The van der Waals surface area contributed by atoms with Crippen molar-refractivity contribution >= 4 is 11.4 Å². The molecule has 0 fully saturated rings. The molecule has 0 aliphatic carbocycles. The van der Waals surface area contributed by atoms with E-state index in [1.807, 2.05) is 42.5 Å². The van der Waals surface area contributed by atoms with Crippen LogP contribution in [0.2, 0.25) is 0 Å². The number of aliphatic imine (C=N–C) groups is 1. The predicted octanol–water partition coefficient (Wildman–Crippen LogP) is 4.34. The Hall–Kier alpha value is -3.14. The number of hydrogen-bond acceptors (Lipinski definition) is 3. The molecule has 1 aliphatic rings. The highest BCUT2D eigenvalue weighted by atomic mass is 19.1. The van der Waals surface area contributed by atoms with E-state index in [9.17, 15) is 4.39 Å². The Balaban J connectivity index is 1.86. The van der Waals surface area contributed by atoms with Gasteiger partial charge in [0.25, 0.3) is 0 Å². The Morgan fingerprint density at radius 2 is 1.67 bits per heavy atom. The summed E-state index contributed by atoms with van der Waals surface area (Å²) in [5, 5.41) is 0. The Labute approximate surface area is 139 Å². The summed E-state index contributed by atoms with van der Waals surface area (Å²) < 4.78 is 19.3. The van der Waals surface area contributed by atoms with Crippen molar-refractivity contribution in [2.24, 2.45) is 4.99 Å². The molecule has 2 N–H and O–H groups in total. The maximum Gasteiger partial charge on any atom is 0.216 e. The second kappa shape index (κ2) is 5.81. The molecule has 1 atom stereocenters. The van der Waals surface area contributed by atoms with Crippen molar-refractivity contribution in [2.45, 2.75) is 6.23 Å². The first-order valence-electron chi connectivity index (χ1n) is 7.66. The third kappa shape index (κ3) is 2.63. The fourth-order valence-electron chi connectivity index (χ4n) is 2.76. The number of nitrogens with two attached hydrogens (primary N) is 1. The molecule has 0 spiro atoms. The number of hydrogen-bond donors (Lipinski definition) is 1. The van der Waals surface area contributed by atoms with Crippen LogP contribution in [0.3, 0.4) is 0 Å². The van der Waals surface area contributed by atoms with Gasteiger partial charge in [-0.15, -0.1) is 0 Å². The Morgan fingerprint density at radius 3 is 2.42 bits per heavy atom. The van der Waals surface area contributed by atoms with E-state index in [1.54, 1.807) is 18.2 Å². The molecule has 0 saturated carbocycles. The van der Waals surface area contributed by atoms with Gasteiger partial charge in [0.15, 0.2) is 0 Å². The van der Waals surface area contributed by atoms with E-state index >= 15 is 0 Å². The maximum atomic E-state index is 13.3. The zero-order valence-corrected chi connectivity index (χ0v) is 12.8. The molecule has 3 aromatic carbocycles. The summed E-state index contributed by atoms with van der Waals surface area (Å²) in [6, 6.07) is 21.6. The molecule has 118 valence electrons. The summed E-state index contributed by atoms with van der Waals surface area (Å²) in [6.45, 7) is 0. The number of anilines is 1. The van der Waals surface area contributed by atoms with Gasteiger partial charge in [-0.1, -0.05) is 30.3 Å². The number of nitrogen functional groups attached to an aromatic ring is 1. The number of ether oxygens (including phenoxy) is 1. The largest absolute Gasteiger partial charge is 0.464 e. The molecular formula is C20H15FN2O. The van der Waals surface area contributed by atoms with Crippen LogP contribution in [-0.2, 0) is 0 Å². The number of nitrogens with zero attached hydrogens (tertiary/aromatic N) is 1. The number of halogens is 1.